The number of hydrogen-bond donors (Lipinski definition) is 2. The van der Waals surface area contributed by atoms with Gasteiger partial charge in [0.1, 0.15) is 11.6 Å². The summed E-state index contributed by atoms with van der Waals surface area (Å²) in [5.74, 6) is -2.08. The molecule has 1 unspecified atom stereocenters. The highest BCUT2D eigenvalue weighted by molar-refractivity contribution is 6.39. The van der Waals surface area contributed by atoms with E-state index in [1.165, 1.54) is 29.4 Å². The summed E-state index contributed by atoms with van der Waals surface area (Å²) in [6.45, 7) is 2.06. The van der Waals surface area contributed by atoms with E-state index in [0.717, 1.165) is 11.1 Å². The first-order valence-electron chi connectivity index (χ1n) is 11.8. The van der Waals surface area contributed by atoms with Crippen LogP contribution in [0.5, 0.6) is 0 Å². The van der Waals surface area contributed by atoms with Crippen molar-refractivity contribution in [1.29, 1.82) is 0 Å². The molecule has 194 valence electrons. The molecule has 0 radical (unpaired) electrons. The van der Waals surface area contributed by atoms with E-state index in [1.807, 2.05) is 19.3 Å². The molecule has 38 heavy (non-hydrogen) atoms. The van der Waals surface area contributed by atoms with Crippen molar-refractivity contribution in [3.63, 3.8) is 0 Å². The Morgan fingerprint density at radius 3 is 2.66 bits per heavy atom. The summed E-state index contributed by atoms with van der Waals surface area (Å²) in [4.78, 5) is 40.5. The van der Waals surface area contributed by atoms with E-state index in [9.17, 15) is 14.0 Å². The normalized spacial score (nSPS) is 13.1. The lowest BCUT2D eigenvalue weighted by molar-refractivity contribution is -0.145. The molecule has 4 aromatic rings. The molecule has 4 aromatic heterocycles. The summed E-state index contributed by atoms with van der Waals surface area (Å²) in [6, 6.07) is 5.44. The number of rotatable bonds is 6. The molecule has 0 aromatic carbocycles. The number of hydrogen-bond acceptors (Lipinski definition) is 8. The van der Waals surface area contributed by atoms with Crippen molar-refractivity contribution < 1.29 is 18.7 Å². The number of nitrogens with one attached hydrogen (secondary N) is 1. The summed E-state index contributed by atoms with van der Waals surface area (Å²) >= 11 is 0. The maximum atomic E-state index is 14.6. The number of pyridine rings is 3. The number of halogens is 1. The number of nitrogens with two attached hydrogens (primary N) is 1. The highest BCUT2D eigenvalue weighted by atomic mass is 19.1. The Morgan fingerprint density at radius 1 is 1.13 bits per heavy atom. The lowest BCUT2D eigenvalue weighted by Gasteiger charge is -2.28. The number of amides is 2. The molecule has 0 saturated carbocycles. The van der Waals surface area contributed by atoms with Gasteiger partial charge in [-0.15, -0.1) is 0 Å². The second-order valence-electron chi connectivity index (χ2n) is 8.88. The van der Waals surface area contributed by atoms with E-state index in [2.05, 4.69) is 25.4 Å². The van der Waals surface area contributed by atoms with Crippen LogP contribution in [0.1, 0.15) is 35.5 Å². The molecule has 11 nitrogen and oxygen atoms in total. The van der Waals surface area contributed by atoms with Crippen LogP contribution in [0.25, 0.3) is 11.1 Å². The second-order valence-corrected chi connectivity index (χ2v) is 8.88. The SMILES string of the molecule is CC(c1ncccc1F)N(Cc1ccc(-c2cnn(C)c2)cn1)C(=O)C(=O)Nc1cnc(N)c2c1COC2. The second kappa shape index (κ2) is 10.3. The van der Waals surface area contributed by atoms with Gasteiger partial charge in [0, 0.05) is 47.9 Å². The first kappa shape index (κ1) is 25.0. The quantitative estimate of drug-likeness (QED) is 0.373. The van der Waals surface area contributed by atoms with E-state index in [1.54, 1.807) is 30.1 Å². The Balaban J connectivity index is 1.42. The van der Waals surface area contributed by atoms with Crippen molar-refractivity contribution in [3.8, 4) is 11.1 Å². The smallest absolute Gasteiger partial charge is 0.313 e. The van der Waals surface area contributed by atoms with Gasteiger partial charge in [0.15, 0.2) is 0 Å². The molecule has 0 aliphatic carbocycles. The third-order valence-corrected chi connectivity index (χ3v) is 6.37. The molecule has 2 amide bonds. The first-order valence-corrected chi connectivity index (χ1v) is 11.8. The number of aryl methyl sites for hydroxylation is 1. The average Bonchev–Trinajstić information content (AvgIpc) is 3.59. The molecule has 5 rings (SSSR count). The minimum Gasteiger partial charge on any atom is -0.383 e. The van der Waals surface area contributed by atoms with Crippen molar-refractivity contribution in [2.45, 2.75) is 32.7 Å². The van der Waals surface area contributed by atoms with Gasteiger partial charge in [-0.25, -0.2) is 9.37 Å². The molecule has 0 saturated heterocycles. The molecular formula is C26H25FN8O3. The monoisotopic (exact) mass is 516 g/mol. The predicted molar refractivity (Wildman–Crippen MR) is 135 cm³/mol. The standard InChI is InChI=1S/C26H25FN8O3/c1-15(23-21(27)4-3-7-29-23)35(12-18-6-5-16(8-30-18)17-9-32-34(2)11-17)26(37)25(36)33-22-10-31-24(28)20-14-38-13-19(20)22/h3-11,15H,12-14H2,1-2H3,(H2,28,31)(H,33,36). The van der Waals surface area contributed by atoms with Crippen LogP contribution < -0.4 is 11.1 Å². The third-order valence-electron chi connectivity index (χ3n) is 6.37. The van der Waals surface area contributed by atoms with Gasteiger partial charge >= 0.3 is 11.8 Å². The van der Waals surface area contributed by atoms with Gasteiger partial charge in [-0.1, -0.05) is 6.07 Å². The number of anilines is 2. The molecular weight excluding hydrogens is 491 g/mol. The number of ether oxygens (including phenoxy) is 1. The number of nitrogens with zero attached hydrogens (tertiary/aromatic N) is 6. The lowest BCUT2D eigenvalue weighted by atomic mass is 10.1. The van der Waals surface area contributed by atoms with E-state index in [-0.39, 0.29) is 25.5 Å². The van der Waals surface area contributed by atoms with Crippen molar-refractivity contribution in [2.75, 3.05) is 11.1 Å². The highest BCUT2D eigenvalue weighted by Crippen LogP contribution is 2.30. The van der Waals surface area contributed by atoms with Gasteiger partial charge in [-0.3, -0.25) is 24.2 Å². The molecule has 5 heterocycles. The van der Waals surface area contributed by atoms with E-state index in [4.69, 9.17) is 10.5 Å². The largest absolute Gasteiger partial charge is 0.383 e. The molecule has 1 aliphatic heterocycles. The fourth-order valence-corrected chi connectivity index (χ4v) is 4.27. The zero-order valence-corrected chi connectivity index (χ0v) is 20.8. The molecule has 1 atom stereocenters. The summed E-state index contributed by atoms with van der Waals surface area (Å²) in [5.41, 5.74) is 9.84. The van der Waals surface area contributed by atoms with E-state index < -0.39 is 23.7 Å². The number of fused-ring (bicyclic) bond motifs is 1. The van der Waals surface area contributed by atoms with Crippen LogP contribution in [0.15, 0.2) is 55.2 Å². The van der Waals surface area contributed by atoms with Gasteiger partial charge in [0.2, 0.25) is 0 Å². The van der Waals surface area contributed by atoms with Gasteiger partial charge in [-0.2, -0.15) is 5.10 Å². The zero-order chi connectivity index (χ0) is 26.8. The van der Waals surface area contributed by atoms with Crippen molar-refractivity contribution in [2.24, 2.45) is 7.05 Å². The summed E-state index contributed by atoms with van der Waals surface area (Å²) in [5, 5.41) is 6.78. The molecule has 0 fully saturated rings. The Labute approximate surface area is 217 Å². The first-order chi connectivity index (χ1) is 18.3. The van der Waals surface area contributed by atoms with Crippen LogP contribution in [0.2, 0.25) is 0 Å². The summed E-state index contributed by atoms with van der Waals surface area (Å²) in [7, 11) is 1.82. The molecule has 12 heteroatoms. The molecule has 0 spiro atoms. The van der Waals surface area contributed by atoms with Crippen molar-refractivity contribution >= 4 is 23.3 Å². The third kappa shape index (κ3) is 4.93. The molecule has 3 N–H and O–H groups in total. The van der Waals surface area contributed by atoms with Crippen LogP contribution in [-0.2, 0) is 41.1 Å². The average molecular weight is 517 g/mol. The van der Waals surface area contributed by atoms with Gasteiger partial charge in [0.25, 0.3) is 0 Å². The van der Waals surface area contributed by atoms with Crippen molar-refractivity contribution in [1.82, 2.24) is 29.6 Å². The van der Waals surface area contributed by atoms with E-state index >= 15 is 0 Å². The van der Waals surface area contributed by atoms with Gasteiger partial charge in [-0.05, 0) is 25.1 Å². The maximum Gasteiger partial charge on any atom is 0.313 e. The number of aromatic nitrogens is 5. The number of nitrogen functional groups attached to an aromatic ring is 1. The molecule has 0 bridgehead atoms. The van der Waals surface area contributed by atoms with Crippen molar-refractivity contribution in [3.05, 3.63) is 83.6 Å². The Kier molecular flexibility index (Phi) is 6.79. The van der Waals surface area contributed by atoms with Gasteiger partial charge < -0.3 is 20.7 Å². The van der Waals surface area contributed by atoms with Crippen LogP contribution in [0.4, 0.5) is 15.9 Å². The Hall–Kier alpha value is -4.71. The lowest BCUT2D eigenvalue weighted by Crippen LogP contribution is -2.41. The summed E-state index contributed by atoms with van der Waals surface area (Å²) < 4.78 is 21.7. The Bertz CT molecular complexity index is 1500. The van der Waals surface area contributed by atoms with Crippen LogP contribution in [0, 0.1) is 5.82 Å². The predicted octanol–water partition coefficient (Wildman–Crippen LogP) is 2.75. The Morgan fingerprint density at radius 2 is 1.95 bits per heavy atom. The minimum atomic E-state index is -0.916. The van der Waals surface area contributed by atoms with Crippen LogP contribution >= 0.6 is 0 Å². The zero-order valence-electron chi connectivity index (χ0n) is 20.8. The van der Waals surface area contributed by atoms with Gasteiger partial charge in [0.05, 0.1) is 55.3 Å². The van der Waals surface area contributed by atoms with Crippen LogP contribution in [0.3, 0.4) is 0 Å². The summed E-state index contributed by atoms with van der Waals surface area (Å²) in [6.07, 6.45) is 8.05. The fraction of sp³-hybridized carbons (Fsp3) is 0.231. The maximum absolute atomic E-state index is 14.6. The number of carbonyl (C=O) groups is 2. The topological polar surface area (TPSA) is 141 Å². The highest BCUT2D eigenvalue weighted by Gasteiger charge is 2.31. The van der Waals surface area contributed by atoms with Crippen LogP contribution in [-0.4, -0.2) is 41.4 Å². The number of carbonyl (C=O) groups excluding carboxylic acids is 2. The van der Waals surface area contributed by atoms with E-state index in [0.29, 0.717) is 28.3 Å². The molecule has 1 aliphatic rings. The fourth-order valence-electron chi connectivity index (χ4n) is 4.27. The minimum absolute atomic E-state index is 0.0315.